The van der Waals surface area contributed by atoms with E-state index in [2.05, 4.69) is 10.9 Å². The monoisotopic (exact) mass is 346 g/mol. The lowest BCUT2D eigenvalue weighted by Gasteiger charge is -2.08. The topological polar surface area (TPSA) is 84.5 Å². The molecule has 7 heteroatoms. The molecule has 0 aliphatic carbocycles. The van der Waals surface area contributed by atoms with Crippen LogP contribution in [0, 0.1) is 0 Å². The normalized spacial score (nSPS) is 10.0. The average molecular weight is 346 g/mol. The number of hydrogen-bond acceptors (Lipinski definition) is 5. The summed E-state index contributed by atoms with van der Waals surface area (Å²) in [6.07, 6.45) is 0.117. The molecule has 0 spiro atoms. The largest absolute Gasteiger partial charge is 0.494 e. The Hall–Kier alpha value is -2.67. The highest BCUT2D eigenvalue weighted by atomic mass is 32.1. The first-order valence-electron chi connectivity index (χ1n) is 7.49. The number of Topliss-reactive ketones (excluding diaryl/α,β-unsaturated/α-hetero) is 1. The van der Waals surface area contributed by atoms with Crippen molar-refractivity contribution in [2.75, 3.05) is 6.61 Å². The maximum atomic E-state index is 11.9. The number of amides is 2. The Morgan fingerprint density at radius 1 is 1.04 bits per heavy atom. The molecule has 0 fully saturated rings. The van der Waals surface area contributed by atoms with Gasteiger partial charge in [0.25, 0.3) is 5.91 Å². The third-order valence-corrected chi connectivity index (χ3v) is 4.03. The summed E-state index contributed by atoms with van der Waals surface area (Å²) in [4.78, 5) is 36.0. The van der Waals surface area contributed by atoms with Crippen molar-refractivity contribution in [2.45, 2.75) is 19.8 Å². The van der Waals surface area contributed by atoms with E-state index in [1.54, 1.807) is 36.4 Å². The molecule has 0 aliphatic rings. The van der Waals surface area contributed by atoms with E-state index in [1.807, 2.05) is 12.3 Å². The van der Waals surface area contributed by atoms with Gasteiger partial charge in [-0.2, -0.15) is 0 Å². The number of benzene rings is 1. The van der Waals surface area contributed by atoms with Crippen LogP contribution in [0.15, 0.2) is 41.8 Å². The van der Waals surface area contributed by atoms with Crippen LogP contribution in [0.3, 0.4) is 0 Å². The summed E-state index contributed by atoms with van der Waals surface area (Å²) in [5, 5.41) is 1.81. The van der Waals surface area contributed by atoms with Gasteiger partial charge < -0.3 is 4.74 Å². The van der Waals surface area contributed by atoms with Crippen molar-refractivity contribution in [1.29, 1.82) is 0 Å². The smallest absolute Gasteiger partial charge is 0.269 e. The molecule has 0 aliphatic heterocycles. The maximum absolute atomic E-state index is 11.9. The lowest BCUT2D eigenvalue weighted by molar-refractivity contribution is -0.121. The van der Waals surface area contributed by atoms with Gasteiger partial charge in [0.15, 0.2) is 5.78 Å². The van der Waals surface area contributed by atoms with Crippen LogP contribution in [0.1, 0.15) is 39.8 Å². The number of thiophene rings is 1. The molecule has 2 aromatic rings. The zero-order valence-electron chi connectivity index (χ0n) is 13.2. The molecule has 0 saturated heterocycles. The molecule has 0 atom stereocenters. The highest BCUT2D eigenvalue weighted by molar-refractivity contribution is 7.12. The second-order valence-corrected chi connectivity index (χ2v) is 5.81. The van der Waals surface area contributed by atoms with Crippen molar-refractivity contribution in [3.05, 3.63) is 52.2 Å². The van der Waals surface area contributed by atoms with Crippen LogP contribution in [0.2, 0.25) is 0 Å². The number of carbonyl (C=O) groups excluding carboxylic acids is 3. The summed E-state index contributed by atoms with van der Waals surface area (Å²) in [7, 11) is 0. The third kappa shape index (κ3) is 5.20. The van der Waals surface area contributed by atoms with Gasteiger partial charge in [-0.25, -0.2) is 0 Å². The van der Waals surface area contributed by atoms with E-state index >= 15 is 0 Å². The number of hydrazine groups is 1. The standard InChI is InChI=1S/C17H18N2O4S/c1-2-23-13-7-5-12(6-8-13)17(22)19-18-16(21)10-9-14(20)15-4-3-11-24-15/h3-8,11H,2,9-10H2,1H3,(H,18,21)(H,19,22). The molecule has 6 nitrogen and oxygen atoms in total. The van der Waals surface area contributed by atoms with Crippen LogP contribution in [-0.4, -0.2) is 24.2 Å². The Labute approximate surface area is 143 Å². The van der Waals surface area contributed by atoms with Crippen molar-refractivity contribution < 1.29 is 19.1 Å². The fourth-order valence-corrected chi connectivity index (χ4v) is 2.61. The molecule has 0 bridgehead atoms. The first-order valence-corrected chi connectivity index (χ1v) is 8.37. The van der Waals surface area contributed by atoms with E-state index in [0.717, 1.165) is 0 Å². The van der Waals surface area contributed by atoms with Crippen LogP contribution >= 0.6 is 11.3 Å². The Kier molecular flexibility index (Phi) is 6.51. The zero-order chi connectivity index (χ0) is 17.4. The van der Waals surface area contributed by atoms with Crippen LogP contribution in [0.5, 0.6) is 5.75 Å². The maximum Gasteiger partial charge on any atom is 0.269 e. The summed E-state index contributed by atoms with van der Waals surface area (Å²) in [5.74, 6) is -0.265. The van der Waals surface area contributed by atoms with Crippen molar-refractivity contribution >= 4 is 28.9 Å². The summed E-state index contributed by atoms with van der Waals surface area (Å²) in [6.45, 7) is 2.42. The van der Waals surface area contributed by atoms with Gasteiger partial charge in [-0.05, 0) is 42.6 Å². The highest BCUT2D eigenvalue weighted by Gasteiger charge is 2.11. The van der Waals surface area contributed by atoms with E-state index < -0.39 is 11.8 Å². The Bertz CT molecular complexity index is 696. The first-order chi connectivity index (χ1) is 11.6. The second-order valence-electron chi connectivity index (χ2n) is 4.86. The summed E-state index contributed by atoms with van der Waals surface area (Å²) >= 11 is 1.34. The lowest BCUT2D eigenvalue weighted by Crippen LogP contribution is -2.41. The Balaban J connectivity index is 1.74. The molecule has 0 unspecified atom stereocenters. The fourth-order valence-electron chi connectivity index (χ4n) is 1.92. The Morgan fingerprint density at radius 2 is 1.79 bits per heavy atom. The van der Waals surface area contributed by atoms with Crippen molar-refractivity contribution in [1.82, 2.24) is 10.9 Å². The van der Waals surface area contributed by atoms with Gasteiger partial charge in [0.05, 0.1) is 11.5 Å². The molecule has 0 saturated carbocycles. The average Bonchev–Trinajstić information content (AvgIpc) is 3.13. The van der Waals surface area contributed by atoms with Crippen LogP contribution < -0.4 is 15.6 Å². The van der Waals surface area contributed by atoms with Gasteiger partial charge in [0.1, 0.15) is 5.75 Å². The quantitative estimate of drug-likeness (QED) is 0.596. The minimum Gasteiger partial charge on any atom is -0.494 e. The predicted molar refractivity (Wildman–Crippen MR) is 91.1 cm³/mol. The molecule has 1 aromatic carbocycles. The number of rotatable bonds is 7. The fraction of sp³-hybridized carbons (Fsp3) is 0.235. The van der Waals surface area contributed by atoms with E-state index in [4.69, 9.17) is 4.74 Å². The number of nitrogens with one attached hydrogen (secondary N) is 2. The number of carbonyl (C=O) groups is 3. The molecule has 1 heterocycles. The van der Waals surface area contributed by atoms with E-state index in [1.165, 1.54) is 11.3 Å². The van der Waals surface area contributed by atoms with Crippen molar-refractivity contribution in [3.63, 3.8) is 0 Å². The minimum absolute atomic E-state index is 0.0142. The summed E-state index contributed by atoms with van der Waals surface area (Å²) in [6, 6.07) is 10.1. The minimum atomic E-state index is -0.434. The van der Waals surface area contributed by atoms with Crippen LogP contribution in [-0.2, 0) is 4.79 Å². The molecular weight excluding hydrogens is 328 g/mol. The summed E-state index contributed by atoms with van der Waals surface area (Å²) < 4.78 is 5.29. The molecular formula is C17H18N2O4S. The Morgan fingerprint density at radius 3 is 2.42 bits per heavy atom. The number of ether oxygens (including phenoxy) is 1. The van der Waals surface area contributed by atoms with E-state index in [0.29, 0.717) is 22.8 Å². The third-order valence-electron chi connectivity index (χ3n) is 3.12. The van der Waals surface area contributed by atoms with E-state index in [-0.39, 0.29) is 18.6 Å². The summed E-state index contributed by atoms with van der Waals surface area (Å²) in [5.41, 5.74) is 5.02. The van der Waals surface area contributed by atoms with Gasteiger partial charge >= 0.3 is 0 Å². The first kappa shape index (κ1) is 17.7. The molecule has 0 radical (unpaired) electrons. The van der Waals surface area contributed by atoms with Crippen molar-refractivity contribution in [2.24, 2.45) is 0 Å². The molecule has 126 valence electrons. The lowest BCUT2D eigenvalue weighted by atomic mass is 10.2. The highest BCUT2D eigenvalue weighted by Crippen LogP contribution is 2.13. The van der Waals surface area contributed by atoms with E-state index in [9.17, 15) is 14.4 Å². The van der Waals surface area contributed by atoms with Gasteiger partial charge in [0, 0.05) is 18.4 Å². The predicted octanol–water partition coefficient (Wildman–Crippen LogP) is 2.57. The molecule has 2 rings (SSSR count). The van der Waals surface area contributed by atoms with Gasteiger partial charge in [-0.3, -0.25) is 25.2 Å². The second kappa shape index (κ2) is 8.83. The van der Waals surface area contributed by atoms with Crippen LogP contribution in [0.4, 0.5) is 0 Å². The van der Waals surface area contributed by atoms with Gasteiger partial charge in [-0.1, -0.05) is 6.07 Å². The SMILES string of the molecule is CCOc1ccc(C(=O)NNC(=O)CCC(=O)c2cccs2)cc1. The number of hydrogen-bond donors (Lipinski definition) is 2. The molecule has 2 N–H and O–H groups in total. The molecule has 24 heavy (non-hydrogen) atoms. The van der Waals surface area contributed by atoms with Crippen molar-refractivity contribution in [3.8, 4) is 5.75 Å². The molecule has 1 aromatic heterocycles. The zero-order valence-corrected chi connectivity index (χ0v) is 14.0. The number of ketones is 1. The van der Waals surface area contributed by atoms with Gasteiger partial charge in [0.2, 0.25) is 5.91 Å². The van der Waals surface area contributed by atoms with Gasteiger partial charge in [-0.15, -0.1) is 11.3 Å². The molecule has 2 amide bonds. The van der Waals surface area contributed by atoms with Crippen LogP contribution in [0.25, 0.3) is 0 Å².